The van der Waals surface area contributed by atoms with E-state index >= 15 is 0 Å². The maximum atomic E-state index is 5.70. The van der Waals surface area contributed by atoms with Crippen LogP contribution in [0.1, 0.15) is 4.88 Å². The highest BCUT2D eigenvalue weighted by Gasteiger charge is 1.99. The van der Waals surface area contributed by atoms with E-state index < -0.39 is 0 Å². The Morgan fingerprint density at radius 1 is 0.895 bits per heavy atom. The number of nitrogens with zero attached hydrogens (tertiary/aromatic N) is 2. The first-order chi connectivity index (χ1) is 9.42. The molecule has 3 rings (SSSR count). The van der Waals surface area contributed by atoms with Gasteiger partial charge in [0.25, 0.3) is 0 Å². The van der Waals surface area contributed by atoms with Crippen molar-refractivity contribution < 1.29 is 4.74 Å². The van der Waals surface area contributed by atoms with Gasteiger partial charge in [0.1, 0.15) is 12.4 Å². The normalized spacial score (nSPS) is 10.3. The van der Waals surface area contributed by atoms with Gasteiger partial charge in [-0.05, 0) is 35.4 Å². The second-order valence-corrected chi connectivity index (χ2v) is 4.99. The first kappa shape index (κ1) is 11.9. The van der Waals surface area contributed by atoms with Crippen molar-refractivity contribution in [1.82, 2.24) is 9.97 Å². The molecule has 2 heterocycles. The Morgan fingerprint density at radius 3 is 2.32 bits per heavy atom. The second-order valence-electron chi connectivity index (χ2n) is 4.02. The quantitative estimate of drug-likeness (QED) is 0.722. The molecule has 0 amide bonds. The van der Waals surface area contributed by atoms with Crippen LogP contribution in [-0.2, 0) is 6.61 Å². The molecule has 0 fully saturated rings. The molecule has 2 aromatic heterocycles. The van der Waals surface area contributed by atoms with Gasteiger partial charge in [0.15, 0.2) is 0 Å². The van der Waals surface area contributed by atoms with Gasteiger partial charge in [-0.25, -0.2) is 0 Å². The molecule has 3 aromatic rings. The molecule has 0 aliphatic rings. The van der Waals surface area contributed by atoms with Crippen LogP contribution in [0.2, 0.25) is 0 Å². The van der Waals surface area contributed by atoms with E-state index in [1.54, 1.807) is 23.7 Å². The monoisotopic (exact) mass is 268 g/mol. The van der Waals surface area contributed by atoms with Gasteiger partial charge in [-0.3, -0.25) is 9.97 Å². The number of aromatic nitrogens is 2. The van der Waals surface area contributed by atoms with Gasteiger partial charge in [-0.1, -0.05) is 12.1 Å². The average Bonchev–Trinajstić information content (AvgIpc) is 3.00. The van der Waals surface area contributed by atoms with E-state index in [1.807, 2.05) is 36.0 Å². The summed E-state index contributed by atoms with van der Waals surface area (Å²) >= 11 is 1.60. The molecule has 0 saturated carbocycles. The van der Waals surface area contributed by atoms with Gasteiger partial charge in [0.05, 0.1) is 10.4 Å². The minimum absolute atomic E-state index is 0.569. The smallest absolute Gasteiger partial charge is 0.124 e. The third-order valence-corrected chi connectivity index (χ3v) is 3.49. The van der Waals surface area contributed by atoms with Gasteiger partial charge in [0.2, 0.25) is 0 Å². The number of hydrogen-bond donors (Lipinski definition) is 0. The van der Waals surface area contributed by atoms with E-state index in [-0.39, 0.29) is 0 Å². The van der Waals surface area contributed by atoms with Crippen LogP contribution >= 0.6 is 11.3 Å². The SMILES string of the molecule is c1cc(-c2ccc(OCc3cncs3)cc2)ccn1. The minimum Gasteiger partial charge on any atom is -0.488 e. The minimum atomic E-state index is 0.569. The molecule has 1 aromatic carbocycles. The zero-order chi connectivity index (χ0) is 12.9. The molecular weight excluding hydrogens is 256 g/mol. The van der Waals surface area contributed by atoms with Gasteiger partial charge >= 0.3 is 0 Å². The zero-order valence-electron chi connectivity index (χ0n) is 10.2. The van der Waals surface area contributed by atoms with E-state index in [9.17, 15) is 0 Å². The zero-order valence-corrected chi connectivity index (χ0v) is 11.0. The third-order valence-electron chi connectivity index (χ3n) is 2.73. The fourth-order valence-electron chi connectivity index (χ4n) is 1.76. The molecule has 94 valence electrons. The molecule has 0 aliphatic carbocycles. The lowest BCUT2D eigenvalue weighted by Crippen LogP contribution is -1.92. The Morgan fingerprint density at radius 2 is 1.63 bits per heavy atom. The molecule has 4 heteroatoms. The lowest BCUT2D eigenvalue weighted by atomic mass is 10.1. The van der Waals surface area contributed by atoms with Gasteiger partial charge in [0, 0.05) is 18.6 Å². The number of ether oxygens (including phenoxy) is 1. The van der Waals surface area contributed by atoms with Crippen molar-refractivity contribution in [2.45, 2.75) is 6.61 Å². The Hall–Kier alpha value is -2.20. The second kappa shape index (κ2) is 5.63. The fraction of sp³-hybridized carbons (Fsp3) is 0.0667. The number of thiazole rings is 1. The molecule has 0 bridgehead atoms. The highest BCUT2D eigenvalue weighted by atomic mass is 32.1. The van der Waals surface area contributed by atoms with Gasteiger partial charge in [-0.2, -0.15) is 0 Å². The molecule has 0 radical (unpaired) electrons. The van der Waals surface area contributed by atoms with E-state index in [1.165, 1.54) is 0 Å². The topological polar surface area (TPSA) is 35.0 Å². The number of pyridine rings is 1. The Bertz CT molecular complexity index is 621. The Balaban J connectivity index is 1.69. The maximum absolute atomic E-state index is 5.70. The van der Waals surface area contributed by atoms with E-state index in [0.29, 0.717) is 6.61 Å². The summed E-state index contributed by atoms with van der Waals surface area (Å²) in [5.41, 5.74) is 4.13. The summed E-state index contributed by atoms with van der Waals surface area (Å²) in [4.78, 5) is 9.16. The predicted molar refractivity (Wildman–Crippen MR) is 76.1 cm³/mol. The van der Waals surface area contributed by atoms with Crippen molar-refractivity contribution in [2.24, 2.45) is 0 Å². The third kappa shape index (κ3) is 2.98. The lowest BCUT2D eigenvalue weighted by molar-refractivity contribution is 0.309. The van der Waals surface area contributed by atoms with Crippen LogP contribution in [-0.4, -0.2) is 9.97 Å². The fourth-order valence-corrected chi connectivity index (χ4v) is 2.26. The van der Waals surface area contributed by atoms with Crippen LogP contribution in [0.15, 0.2) is 60.5 Å². The molecule has 0 saturated heterocycles. The van der Waals surface area contributed by atoms with Crippen molar-refractivity contribution in [3.8, 4) is 16.9 Å². The summed E-state index contributed by atoms with van der Waals surface area (Å²) in [6, 6.07) is 12.1. The highest BCUT2D eigenvalue weighted by molar-refractivity contribution is 7.09. The summed E-state index contributed by atoms with van der Waals surface area (Å²) in [5, 5.41) is 0. The van der Waals surface area contributed by atoms with E-state index in [0.717, 1.165) is 21.8 Å². The maximum Gasteiger partial charge on any atom is 0.124 e. The molecule has 0 spiro atoms. The standard InChI is InChI=1S/C15H12N2OS/c1-3-14(18-10-15-9-17-11-19-15)4-2-12(1)13-5-7-16-8-6-13/h1-9,11H,10H2. The Kier molecular flexibility index (Phi) is 3.51. The summed E-state index contributed by atoms with van der Waals surface area (Å²) in [7, 11) is 0. The van der Waals surface area contributed by atoms with Crippen LogP contribution in [0.25, 0.3) is 11.1 Å². The van der Waals surface area contributed by atoms with Crippen molar-refractivity contribution in [2.75, 3.05) is 0 Å². The van der Waals surface area contributed by atoms with E-state index in [2.05, 4.69) is 22.1 Å². The molecule has 3 nitrogen and oxygen atoms in total. The van der Waals surface area contributed by atoms with Gasteiger partial charge in [-0.15, -0.1) is 11.3 Å². The number of rotatable bonds is 4. The highest BCUT2D eigenvalue weighted by Crippen LogP contribution is 2.22. The molecule has 0 N–H and O–H groups in total. The largest absolute Gasteiger partial charge is 0.488 e. The summed E-state index contributed by atoms with van der Waals surface area (Å²) in [6.45, 7) is 0.569. The summed E-state index contributed by atoms with van der Waals surface area (Å²) < 4.78 is 5.70. The Labute approximate surface area is 115 Å². The van der Waals surface area contributed by atoms with Crippen LogP contribution in [0, 0.1) is 0 Å². The predicted octanol–water partition coefficient (Wildman–Crippen LogP) is 3.78. The molecule has 19 heavy (non-hydrogen) atoms. The van der Waals surface area contributed by atoms with Crippen molar-refractivity contribution in [3.63, 3.8) is 0 Å². The number of hydrogen-bond acceptors (Lipinski definition) is 4. The molecular formula is C15H12N2OS. The molecule has 0 atom stereocenters. The van der Waals surface area contributed by atoms with Crippen LogP contribution < -0.4 is 4.74 Å². The first-order valence-corrected chi connectivity index (χ1v) is 6.80. The lowest BCUT2D eigenvalue weighted by Gasteiger charge is -2.06. The van der Waals surface area contributed by atoms with Crippen LogP contribution in [0.4, 0.5) is 0 Å². The van der Waals surface area contributed by atoms with Crippen molar-refractivity contribution in [1.29, 1.82) is 0 Å². The average molecular weight is 268 g/mol. The number of benzene rings is 1. The summed E-state index contributed by atoms with van der Waals surface area (Å²) in [5.74, 6) is 0.867. The summed E-state index contributed by atoms with van der Waals surface area (Å²) in [6.07, 6.45) is 5.42. The van der Waals surface area contributed by atoms with Gasteiger partial charge < -0.3 is 4.74 Å². The van der Waals surface area contributed by atoms with Crippen molar-refractivity contribution in [3.05, 3.63) is 65.4 Å². The van der Waals surface area contributed by atoms with Crippen LogP contribution in [0.5, 0.6) is 5.75 Å². The molecule has 0 unspecified atom stereocenters. The van der Waals surface area contributed by atoms with Crippen molar-refractivity contribution >= 4 is 11.3 Å². The first-order valence-electron chi connectivity index (χ1n) is 5.92. The van der Waals surface area contributed by atoms with Crippen LogP contribution in [0.3, 0.4) is 0 Å². The molecule has 0 aliphatic heterocycles. The van der Waals surface area contributed by atoms with E-state index in [4.69, 9.17) is 4.74 Å².